The van der Waals surface area contributed by atoms with Crippen LogP contribution in [0.4, 0.5) is 5.69 Å². The van der Waals surface area contributed by atoms with E-state index in [0.29, 0.717) is 5.75 Å². The maximum absolute atomic E-state index is 12.3. The summed E-state index contributed by atoms with van der Waals surface area (Å²) in [5.74, 6) is 0.237. The summed E-state index contributed by atoms with van der Waals surface area (Å²) in [6.07, 6.45) is -0.818. The van der Waals surface area contributed by atoms with Gasteiger partial charge in [0, 0.05) is 7.11 Å². The monoisotopic (exact) mass is 365 g/mol. The molecule has 0 saturated carbocycles. The quantitative estimate of drug-likeness (QED) is 0.636. The minimum Gasteiger partial charge on any atom is -0.495 e. The number of para-hydroxylation sites is 2. The molecule has 0 amide bonds. The van der Waals surface area contributed by atoms with Crippen LogP contribution in [0, 0.1) is 0 Å². The molecule has 0 aliphatic rings. The van der Waals surface area contributed by atoms with E-state index >= 15 is 0 Å². The lowest BCUT2D eigenvalue weighted by Gasteiger charge is -2.27. The van der Waals surface area contributed by atoms with E-state index in [2.05, 4.69) is 17.4 Å². The Morgan fingerprint density at radius 1 is 0.889 bits per heavy atom. The van der Waals surface area contributed by atoms with Gasteiger partial charge in [-0.1, -0.05) is 48.5 Å². The molecule has 0 fully saturated rings. The van der Waals surface area contributed by atoms with Crippen LogP contribution in [-0.2, 0) is 14.3 Å². The minimum absolute atomic E-state index is 0.446. The summed E-state index contributed by atoms with van der Waals surface area (Å²) in [4.78, 5) is 12.3. The van der Waals surface area contributed by atoms with Crippen LogP contribution in [0.5, 0.6) is 5.75 Å². The Kier molecular flexibility index (Phi) is 5.94. The molecule has 3 aromatic carbocycles. The van der Waals surface area contributed by atoms with Crippen LogP contribution < -0.4 is 10.1 Å². The number of nitrogens with one attached hydrogen (secondary N) is 1. The molecule has 5 heteroatoms. The second-order valence-corrected chi connectivity index (χ2v) is 6.11. The first kappa shape index (κ1) is 18.7. The van der Waals surface area contributed by atoms with E-state index < -0.39 is 18.1 Å². The largest absolute Gasteiger partial charge is 0.495 e. The Labute approximate surface area is 158 Å². The van der Waals surface area contributed by atoms with Gasteiger partial charge in [-0.2, -0.15) is 0 Å². The number of hydrogen-bond acceptors (Lipinski definition) is 5. The van der Waals surface area contributed by atoms with Gasteiger partial charge in [0.15, 0.2) is 6.10 Å². The topological polar surface area (TPSA) is 56.8 Å². The highest BCUT2D eigenvalue weighted by molar-refractivity contribution is 5.84. The van der Waals surface area contributed by atoms with Gasteiger partial charge in [-0.05, 0) is 34.5 Å². The lowest BCUT2D eigenvalue weighted by Crippen LogP contribution is -2.35. The number of ether oxygens (including phenoxy) is 3. The van der Waals surface area contributed by atoms with Crippen molar-refractivity contribution in [2.45, 2.75) is 12.1 Å². The highest BCUT2D eigenvalue weighted by atomic mass is 16.6. The molecule has 5 nitrogen and oxygen atoms in total. The molecule has 2 atom stereocenters. The van der Waals surface area contributed by atoms with Crippen molar-refractivity contribution in [1.82, 2.24) is 0 Å². The lowest BCUT2D eigenvalue weighted by molar-refractivity contribution is -0.153. The van der Waals surface area contributed by atoms with Crippen molar-refractivity contribution in [3.63, 3.8) is 0 Å². The molecule has 27 heavy (non-hydrogen) atoms. The van der Waals surface area contributed by atoms with Crippen molar-refractivity contribution >= 4 is 22.4 Å². The lowest BCUT2D eigenvalue weighted by atomic mass is 9.97. The number of fused-ring (bicyclic) bond motifs is 1. The van der Waals surface area contributed by atoms with Crippen molar-refractivity contribution < 1.29 is 19.0 Å². The standard InChI is InChI=1S/C22H23NO4/c1-25-19-11-7-6-10-18(19)23-20(21(26-2)22(24)27-3)17-13-12-15-8-4-5-9-16(15)14-17/h4-14,20-21,23H,1-3H3/t20-,21-/m1/s1. The second kappa shape index (κ2) is 8.56. The van der Waals surface area contributed by atoms with Crippen LogP contribution in [0.2, 0.25) is 0 Å². The third kappa shape index (κ3) is 4.04. The zero-order valence-corrected chi connectivity index (χ0v) is 15.6. The molecule has 0 aliphatic carbocycles. The van der Waals surface area contributed by atoms with E-state index in [1.54, 1.807) is 7.11 Å². The van der Waals surface area contributed by atoms with Crippen molar-refractivity contribution in [3.8, 4) is 5.75 Å². The predicted molar refractivity (Wildman–Crippen MR) is 106 cm³/mol. The van der Waals surface area contributed by atoms with Gasteiger partial charge in [0.1, 0.15) is 5.75 Å². The van der Waals surface area contributed by atoms with E-state index in [1.807, 2.05) is 54.6 Å². The smallest absolute Gasteiger partial charge is 0.337 e. The van der Waals surface area contributed by atoms with Gasteiger partial charge in [-0.25, -0.2) is 4.79 Å². The van der Waals surface area contributed by atoms with Gasteiger partial charge in [0.25, 0.3) is 0 Å². The van der Waals surface area contributed by atoms with Gasteiger partial charge in [-0.3, -0.25) is 0 Å². The average molecular weight is 365 g/mol. The van der Waals surface area contributed by atoms with Crippen LogP contribution in [0.25, 0.3) is 10.8 Å². The maximum atomic E-state index is 12.3. The third-order valence-electron chi connectivity index (χ3n) is 4.54. The van der Waals surface area contributed by atoms with Crippen molar-refractivity contribution in [2.75, 3.05) is 26.6 Å². The van der Waals surface area contributed by atoms with E-state index in [0.717, 1.165) is 22.0 Å². The van der Waals surface area contributed by atoms with Crippen molar-refractivity contribution in [1.29, 1.82) is 0 Å². The fraction of sp³-hybridized carbons (Fsp3) is 0.227. The molecule has 3 aromatic rings. The highest BCUT2D eigenvalue weighted by Crippen LogP contribution is 2.32. The van der Waals surface area contributed by atoms with E-state index in [1.165, 1.54) is 14.2 Å². The summed E-state index contributed by atoms with van der Waals surface area (Å²) in [6.45, 7) is 0. The Bertz CT molecular complexity index is 925. The second-order valence-electron chi connectivity index (χ2n) is 6.11. The minimum atomic E-state index is -0.818. The third-order valence-corrected chi connectivity index (χ3v) is 4.54. The van der Waals surface area contributed by atoms with Gasteiger partial charge in [0.05, 0.1) is 25.9 Å². The molecule has 0 heterocycles. The first-order valence-corrected chi connectivity index (χ1v) is 8.66. The number of hydrogen-bond donors (Lipinski definition) is 1. The Morgan fingerprint density at radius 2 is 1.59 bits per heavy atom. The van der Waals surface area contributed by atoms with Gasteiger partial charge >= 0.3 is 5.97 Å². The number of anilines is 1. The molecule has 0 spiro atoms. The van der Waals surface area contributed by atoms with Crippen molar-refractivity contribution in [3.05, 3.63) is 72.3 Å². The first-order valence-electron chi connectivity index (χ1n) is 8.66. The molecule has 140 valence electrons. The van der Waals surface area contributed by atoms with E-state index in [-0.39, 0.29) is 0 Å². The molecule has 0 aliphatic heterocycles. The Balaban J connectivity index is 2.06. The summed E-state index contributed by atoms with van der Waals surface area (Å²) >= 11 is 0. The molecule has 0 bridgehead atoms. The van der Waals surface area contributed by atoms with Crippen LogP contribution in [0.1, 0.15) is 11.6 Å². The molecule has 0 unspecified atom stereocenters. The summed E-state index contributed by atoms with van der Waals surface area (Å²) in [5, 5.41) is 5.61. The van der Waals surface area contributed by atoms with Crippen LogP contribution in [-0.4, -0.2) is 33.4 Å². The summed E-state index contributed by atoms with van der Waals surface area (Å²) in [6, 6.07) is 21.3. The zero-order valence-electron chi connectivity index (χ0n) is 15.6. The fourth-order valence-electron chi connectivity index (χ4n) is 3.15. The molecular weight excluding hydrogens is 342 g/mol. The first-order chi connectivity index (χ1) is 13.2. The molecule has 0 aromatic heterocycles. The average Bonchev–Trinajstić information content (AvgIpc) is 2.73. The summed E-state index contributed by atoms with van der Waals surface area (Å²) in [7, 11) is 4.47. The number of carbonyl (C=O) groups excluding carboxylic acids is 1. The number of benzene rings is 3. The maximum Gasteiger partial charge on any atom is 0.337 e. The summed E-state index contributed by atoms with van der Waals surface area (Å²) < 4.78 is 15.9. The molecule has 0 radical (unpaired) electrons. The molecule has 0 saturated heterocycles. The summed E-state index contributed by atoms with van der Waals surface area (Å²) in [5.41, 5.74) is 1.68. The number of carbonyl (C=O) groups is 1. The highest BCUT2D eigenvalue weighted by Gasteiger charge is 2.31. The molecule has 3 rings (SSSR count). The Hall–Kier alpha value is -3.05. The molecular formula is C22H23NO4. The van der Waals surface area contributed by atoms with Crippen molar-refractivity contribution in [2.24, 2.45) is 0 Å². The fourth-order valence-corrected chi connectivity index (χ4v) is 3.15. The normalized spacial score (nSPS) is 13.0. The number of methoxy groups -OCH3 is 3. The number of esters is 1. The van der Waals surface area contributed by atoms with Crippen LogP contribution >= 0.6 is 0 Å². The Morgan fingerprint density at radius 3 is 2.30 bits per heavy atom. The van der Waals surface area contributed by atoms with Crippen LogP contribution in [0.15, 0.2) is 66.7 Å². The molecule has 1 N–H and O–H groups in total. The SMILES string of the molecule is COC(=O)[C@H](OC)[C@H](Nc1ccccc1OC)c1ccc2ccccc2c1. The van der Waals surface area contributed by atoms with Crippen LogP contribution in [0.3, 0.4) is 0 Å². The van der Waals surface area contributed by atoms with Gasteiger partial charge in [0.2, 0.25) is 0 Å². The van der Waals surface area contributed by atoms with E-state index in [4.69, 9.17) is 14.2 Å². The van der Waals surface area contributed by atoms with E-state index in [9.17, 15) is 4.79 Å². The zero-order chi connectivity index (χ0) is 19.2. The predicted octanol–water partition coefficient (Wildman–Crippen LogP) is 4.19. The van der Waals surface area contributed by atoms with Gasteiger partial charge in [-0.15, -0.1) is 0 Å². The number of rotatable bonds is 7. The van der Waals surface area contributed by atoms with Gasteiger partial charge < -0.3 is 19.5 Å².